The van der Waals surface area contributed by atoms with Crippen molar-refractivity contribution in [2.45, 2.75) is 19.3 Å². The fourth-order valence-corrected chi connectivity index (χ4v) is 3.97. The van der Waals surface area contributed by atoms with Gasteiger partial charge in [0.1, 0.15) is 5.75 Å². The molecule has 0 spiro atoms. The zero-order chi connectivity index (χ0) is 17.4. The summed E-state index contributed by atoms with van der Waals surface area (Å²) in [6, 6.07) is 11.9. The molecule has 0 saturated carbocycles. The molecular formula is C19H19N3O2S. The SMILES string of the molecule is COc1ccc(C2=CC(c3cccs3)N3C(=O)C=C(C)NC3N2)cc1. The van der Waals surface area contributed by atoms with Gasteiger partial charge in [0.05, 0.1) is 13.2 Å². The van der Waals surface area contributed by atoms with Crippen molar-refractivity contribution >= 4 is 22.9 Å². The number of nitrogens with zero attached hydrogens (tertiary/aromatic N) is 1. The molecule has 5 nitrogen and oxygen atoms in total. The lowest BCUT2D eigenvalue weighted by atomic mass is 10.0. The summed E-state index contributed by atoms with van der Waals surface area (Å²) in [5.74, 6) is 0.832. The van der Waals surface area contributed by atoms with Crippen molar-refractivity contribution in [3.63, 3.8) is 0 Å². The Labute approximate surface area is 150 Å². The van der Waals surface area contributed by atoms with Crippen LogP contribution in [-0.2, 0) is 4.79 Å². The zero-order valence-corrected chi connectivity index (χ0v) is 14.8. The lowest BCUT2D eigenvalue weighted by Crippen LogP contribution is -2.60. The summed E-state index contributed by atoms with van der Waals surface area (Å²) < 4.78 is 5.24. The normalized spacial score (nSPS) is 22.3. The number of methoxy groups -OCH3 is 1. The monoisotopic (exact) mass is 353 g/mol. The van der Waals surface area contributed by atoms with Gasteiger partial charge in [-0.3, -0.25) is 9.69 Å². The van der Waals surface area contributed by atoms with Crippen LogP contribution in [0.5, 0.6) is 5.75 Å². The Hall–Kier alpha value is -2.73. The lowest BCUT2D eigenvalue weighted by molar-refractivity contribution is -0.132. The second kappa shape index (κ2) is 6.29. The number of rotatable bonds is 3. The van der Waals surface area contributed by atoms with Crippen molar-refractivity contribution in [2.24, 2.45) is 0 Å². The van der Waals surface area contributed by atoms with Crippen molar-refractivity contribution in [2.75, 3.05) is 7.11 Å². The minimum absolute atomic E-state index is 0.0113. The second-order valence-corrected chi connectivity index (χ2v) is 7.01. The van der Waals surface area contributed by atoms with Gasteiger partial charge in [-0.05, 0) is 54.3 Å². The Bertz CT molecular complexity index is 840. The molecule has 128 valence electrons. The van der Waals surface area contributed by atoms with E-state index in [4.69, 9.17) is 4.74 Å². The molecule has 2 aliphatic rings. The molecule has 3 heterocycles. The summed E-state index contributed by atoms with van der Waals surface area (Å²) >= 11 is 1.66. The fourth-order valence-electron chi connectivity index (χ4n) is 3.18. The number of amides is 1. The molecule has 0 bridgehead atoms. The molecule has 6 heteroatoms. The van der Waals surface area contributed by atoms with E-state index in [9.17, 15) is 4.79 Å². The number of carbonyl (C=O) groups is 1. The van der Waals surface area contributed by atoms with Crippen LogP contribution >= 0.6 is 11.3 Å². The van der Waals surface area contributed by atoms with Crippen molar-refractivity contribution in [1.82, 2.24) is 15.5 Å². The number of ether oxygens (including phenoxy) is 1. The summed E-state index contributed by atoms with van der Waals surface area (Å²) in [7, 11) is 1.66. The number of allylic oxidation sites excluding steroid dienone is 1. The quantitative estimate of drug-likeness (QED) is 0.890. The molecule has 2 atom stereocenters. The highest BCUT2D eigenvalue weighted by atomic mass is 32.1. The van der Waals surface area contributed by atoms with Gasteiger partial charge in [0, 0.05) is 22.3 Å². The van der Waals surface area contributed by atoms with Crippen LogP contribution in [0.1, 0.15) is 23.4 Å². The standard InChI is InChI=1S/C19H19N3O2S/c1-12-10-18(23)22-16(17-4-3-9-25-17)11-15(21-19(22)20-12)13-5-7-14(24-2)8-6-13/h3-11,16,19-21H,1-2H3. The molecule has 2 N–H and O–H groups in total. The Morgan fingerprint density at radius 1 is 1.16 bits per heavy atom. The first-order valence-corrected chi connectivity index (χ1v) is 8.97. The third-order valence-corrected chi connectivity index (χ3v) is 5.33. The summed E-state index contributed by atoms with van der Waals surface area (Å²) in [6.45, 7) is 1.91. The minimum Gasteiger partial charge on any atom is -0.497 e. The number of carbonyl (C=O) groups excluding carboxylic acids is 1. The van der Waals surface area contributed by atoms with Crippen molar-refractivity contribution in [3.8, 4) is 5.75 Å². The van der Waals surface area contributed by atoms with E-state index in [0.29, 0.717) is 0 Å². The maximum absolute atomic E-state index is 12.6. The van der Waals surface area contributed by atoms with Crippen molar-refractivity contribution in [3.05, 3.63) is 70.1 Å². The number of hydrogen-bond acceptors (Lipinski definition) is 5. The third-order valence-electron chi connectivity index (χ3n) is 4.39. The fraction of sp³-hybridized carbons (Fsp3) is 0.211. The average Bonchev–Trinajstić information content (AvgIpc) is 3.15. The summed E-state index contributed by atoms with van der Waals surface area (Å²) in [6.07, 6.45) is 3.48. The molecule has 0 radical (unpaired) electrons. The van der Waals surface area contributed by atoms with E-state index in [1.54, 1.807) is 24.5 Å². The van der Waals surface area contributed by atoms with E-state index in [0.717, 1.165) is 27.6 Å². The summed E-state index contributed by atoms with van der Waals surface area (Å²) in [5.41, 5.74) is 2.92. The maximum Gasteiger partial charge on any atom is 0.252 e. The van der Waals surface area contributed by atoms with E-state index in [1.807, 2.05) is 47.5 Å². The van der Waals surface area contributed by atoms with E-state index >= 15 is 0 Å². The van der Waals surface area contributed by atoms with Crippen LogP contribution in [0.4, 0.5) is 0 Å². The molecule has 2 aliphatic heterocycles. The highest BCUT2D eigenvalue weighted by molar-refractivity contribution is 7.10. The van der Waals surface area contributed by atoms with Gasteiger partial charge in [-0.25, -0.2) is 0 Å². The van der Waals surface area contributed by atoms with E-state index in [2.05, 4.69) is 22.8 Å². The largest absolute Gasteiger partial charge is 0.497 e. The number of hydrogen-bond donors (Lipinski definition) is 2. The van der Waals surface area contributed by atoms with Crippen LogP contribution in [-0.4, -0.2) is 24.2 Å². The predicted molar refractivity (Wildman–Crippen MR) is 98.7 cm³/mol. The van der Waals surface area contributed by atoms with Crippen LogP contribution in [0.15, 0.2) is 59.6 Å². The number of nitrogens with one attached hydrogen (secondary N) is 2. The number of fused-ring (bicyclic) bond motifs is 1. The number of benzene rings is 1. The van der Waals surface area contributed by atoms with Gasteiger partial charge in [0.15, 0.2) is 6.29 Å². The van der Waals surface area contributed by atoms with Gasteiger partial charge in [0.2, 0.25) is 0 Å². The minimum atomic E-state index is -0.272. The van der Waals surface area contributed by atoms with Gasteiger partial charge in [-0.2, -0.15) is 0 Å². The third kappa shape index (κ3) is 2.89. The second-order valence-electron chi connectivity index (χ2n) is 6.03. The first kappa shape index (κ1) is 15.8. The molecule has 0 aliphatic carbocycles. The molecule has 25 heavy (non-hydrogen) atoms. The Morgan fingerprint density at radius 2 is 1.96 bits per heavy atom. The van der Waals surface area contributed by atoms with Crippen molar-refractivity contribution < 1.29 is 9.53 Å². The van der Waals surface area contributed by atoms with E-state index in [1.165, 1.54) is 0 Å². The van der Waals surface area contributed by atoms with Crippen LogP contribution in [0.2, 0.25) is 0 Å². The van der Waals surface area contributed by atoms with Crippen LogP contribution < -0.4 is 15.4 Å². The lowest BCUT2D eigenvalue weighted by Gasteiger charge is -2.44. The van der Waals surface area contributed by atoms with Crippen LogP contribution in [0.25, 0.3) is 5.70 Å². The first-order chi connectivity index (χ1) is 12.2. The first-order valence-electron chi connectivity index (χ1n) is 8.09. The van der Waals surface area contributed by atoms with Crippen LogP contribution in [0, 0.1) is 0 Å². The molecule has 2 aromatic rings. The van der Waals surface area contributed by atoms with E-state index < -0.39 is 0 Å². The van der Waals surface area contributed by atoms with Gasteiger partial charge >= 0.3 is 0 Å². The molecule has 1 aromatic heterocycles. The van der Waals surface area contributed by atoms with Gasteiger partial charge in [-0.1, -0.05) is 6.07 Å². The average molecular weight is 353 g/mol. The molecule has 1 amide bonds. The van der Waals surface area contributed by atoms with Crippen LogP contribution in [0.3, 0.4) is 0 Å². The molecular weight excluding hydrogens is 334 g/mol. The molecule has 1 aromatic carbocycles. The smallest absolute Gasteiger partial charge is 0.252 e. The molecule has 0 saturated heterocycles. The molecule has 0 fully saturated rings. The van der Waals surface area contributed by atoms with Gasteiger partial charge < -0.3 is 15.4 Å². The Kier molecular flexibility index (Phi) is 3.97. The summed E-state index contributed by atoms with van der Waals surface area (Å²) in [5, 5.41) is 8.83. The topological polar surface area (TPSA) is 53.6 Å². The Balaban J connectivity index is 1.75. The van der Waals surface area contributed by atoms with E-state index in [-0.39, 0.29) is 18.2 Å². The molecule has 2 unspecified atom stereocenters. The van der Waals surface area contributed by atoms with Crippen molar-refractivity contribution in [1.29, 1.82) is 0 Å². The molecule has 4 rings (SSSR count). The van der Waals surface area contributed by atoms with Gasteiger partial charge in [-0.15, -0.1) is 11.3 Å². The predicted octanol–water partition coefficient (Wildman–Crippen LogP) is 3.06. The highest BCUT2D eigenvalue weighted by Gasteiger charge is 2.37. The zero-order valence-electron chi connectivity index (χ0n) is 14.0. The highest BCUT2D eigenvalue weighted by Crippen LogP contribution is 2.35. The Morgan fingerprint density at radius 3 is 2.64 bits per heavy atom. The maximum atomic E-state index is 12.6. The number of thiophene rings is 1. The summed E-state index contributed by atoms with van der Waals surface area (Å²) in [4.78, 5) is 15.6. The van der Waals surface area contributed by atoms with Gasteiger partial charge in [0.25, 0.3) is 5.91 Å².